The van der Waals surface area contributed by atoms with Crippen molar-refractivity contribution >= 4 is 46.1 Å². The quantitative estimate of drug-likeness (QED) is 0.438. The summed E-state index contributed by atoms with van der Waals surface area (Å²) in [7, 11) is 1.58. The van der Waals surface area contributed by atoms with Crippen molar-refractivity contribution in [3.8, 4) is 6.07 Å². The molecular formula is C22H29N5O3S2. The zero-order valence-electron chi connectivity index (χ0n) is 19.0. The number of piperazine rings is 1. The van der Waals surface area contributed by atoms with Crippen molar-refractivity contribution in [1.82, 2.24) is 14.4 Å². The van der Waals surface area contributed by atoms with E-state index in [0.717, 1.165) is 44.1 Å². The molecule has 0 N–H and O–H groups in total. The number of nitrogens with zero attached hydrogens (tertiary/aromatic N) is 5. The van der Waals surface area contributed by atoms with Crippen molar-refractivity contribution in [2.24, 2.45) is 0 Å². The number of methoxy groups -OCH3 is 1. The number of nitriles is 1. The summed E-state index contributed by atoms with van der Waals surface area (Å²) >= 11 is 6.65. The van der Waals surface area contributed by atoms with Gasteiger partial charge in [0.05, 0.1) is 18.1 Å². The predicted octanol–water partition coefficient (Wildman–Crippen LogP) is 2.04. The monoisotopic (exact) mass is 475 g/mol. The summed E-state index contributed by atoms with van der Waals surface area (Å²) in [5.74, 6) is 0.595. The molecule has 8 nitrogen and oxygen atoms in total. The summed E-state index contributed by atoms with van der Waals surface area (Å²) in [4.78, 5) is 32.7. The number of carbonyl (C=O) groups is 1. The summed E-state index contributed by atoms with van der Waals surface area (Å²) in [6.07, 6.45) is 1.80. The second kappa shape index (κ2) is 10.6. The van der Waals surface area contributed by atoms with Crippen LogP contribution < -0.4 is 10.5 Å². The van der Waals surface area contributed by atoms with Gasteiger partial charge >= 0.3 is 0 Å². The van der Waals surface area contributed by atoms with Crippen LogP contribution in [0.1, 0.15) is 30.5 Å². The van der Waals surface area contributed by atoms with Crippen LogP contribution in [0.15, 0.2) is 9.70 Å². The third-order valence-electron chi connectivity index (χ3n) is 5.95. The van der Waals surface area contributed by atoms with Crippen LogP contribution in [0.4, 0.5) is 5.82 Å². The van der Waals surface area contributed by atoms with Crippen molar-refractivity contribution in [3.05, 3.63) is 31.9 Å². The lowest BCUT2D eigenvalue weighted by Crippen LogP contribution is -2.48. The average molecular weight is 476 g/mol. The predicted molar refractivity (Wildman–Crippen MR) is 132 cm³/mol. The van der Waals surface area contributed by atoms with E-state index in [1.165, 1.54) is 16.7 Å². The standard InChI is InChI=1S/C22H29N5O3S2/c1-5-24-7-9-25(10-8-24)19-16(15(3)17(14-23)20(28)26(19)6-2)13-18-21(29)27(11-12-30-4)22(31)32-18/h13H,5-12H2,1-4H3/b18-13-. The van der Waals surface area contributed by atoms with E-state index in [2.05, 4.69) is 22.8 Å². The molecule has 0 radical (unpaired) electrons. The molecule has 2 fully saturated rings. The van der Waals surface area contributed by atoms with E-state index in [1.54, 1.807) is 24.7 Å². The molecule has 32 heavy (non-hydrogen) atoms. The van der Waals surface area contributed by atoms with E-state index in [4.69, 9.17) is 17.0 Å². The fourth-order valence-corrected chi connectivity index (χ4v) is 5.35. The summed E-state index contributed by atoms with van der Waals surface area (Å²) < 4.78 is 7.24. The maximum absolute atomic E-state index is 13.1. The number of amides is 1. The number of hydrogen-bond donors (Lipinski definition) is 0. The van der Waals surface area contributed by atoms with E-state index >= 15 is 0 Å². The maximum Gasteiger partial charge on any atom is 0.270 e. The van der Waals surface area contributed by atoms with Crippen molar-refractivity contribution in [2.45, 2.75) is 27.3 Å². The number of anilines is 1. The molecule has 0 atom stereocenters. The van der Waals surface area contributed by atoms with Crippen LogP contribution >= 0.6 is 24.0 Å². The van der Waals surface area contributed by atoms with Gasteiger partial charge in [-0.1, -0.05) is 30.9 Å². The highest BCUT2D eigenvalue weighted by Gasteiger charge is 2.33. The molecular weight excluding hydrogens is 446 g/mol. The Labute approximate surface area is 198 Å². The minimum Gasteiger partial charge on any atom is -0.383 e. The SMILES string of the molecule is CCN1CCN(c2c(/C=C3\SC(=S)N(CCOC)C3=O)c(C)c(C#N)c(=O)n2CC)CC1. The molecule has 0 spiro atoms. The van der Waals surface area contributed by atoms with Gasteiger partial charge in [-0.25, -0.2) is 0 Å². The first-order chi connectivity index (χ1) is 15.4. The number of rotatable bonds is 7. The molecule has 0 aliphatic carbocycles. The van der Waals surface area contributed by atoms with E-state index in [9.17, 15) is 14.9 Å². The van der Waals surface area contributed by atoms with Crippen molar-refractivity contribution in [1.29, 1.82) is 5.26 Å². The van der Waals surface area contributed by atoms with Crippen LogP contribution in [0, 0.1) is 18.3 Å². The topological polar surface area (TPSA) is 81.8 Å². The Balaban J connectivity index is 2.13. The Kier molecular flexibility index (Phi) is 8.11. The Morgan fingerprint density at radius 2 is 1.88 bits per heavy atom. The highest BCUT2D eigenvalue weighted by Crippen LogP contribution is 2.36. The molecule has 0 bridgehead atoms. The van der Waals surface area contributed by atoms with Crippen molar-refractivity contribution < 1.29 is 9.53 Å². The lowest BCUT2D eigenvalue weighted by Gasteiger charge is -2.37. The van der Waals surface area contributed by atoms with Crippen molar-refractivity contribution in [2.75, 3.05) is 57.9 Å². The molecule has 10 heteroatoms. The second-order valence-corrected chi connectivity index (χ2v) is 9.32. The molecule has 2 saturated heterocycles. The molecule has 1 amide bonds. The molecule has 1 aromatic rings. The van der Waals surface area contributed by atoms with Crippen LogP contribution in [-0.2, 0) is 16.1 Å². The number of hydrogen-bond acceptors (Lipinski definition) is 8. The van der Waals surface area contributed by atoms with Gasteiger partial charge in [-0.3, -0.25) is 19.1 Å². The van der Waals surface area contributed by atoms with Crippen LogP contribution in [0.5, 0.6) is 0 Å². The minimum atomic E-state index is -0.287. The van der Waals surface area contributed by atoms with Gasteiger partial charge in [-0.2, -0.15) is 5.26 Å². The first-order valence-corrected chi connectivity index (χ1v) is 12.0. The molecule has 3 rings (SSSR count). The number of carbonyl (C=O) groups excluding carboxylic acids is 1. The molecule has 2 aliphatic heterocycles. The van der Waals surface area contributed by atoms with Gasteiger partial charge in [-0.05, 0) is 32.0 Å². The first-order valence-electron chi connectivity index (χ1n) is 10.8. The average Bonchev–Trinajstić information content (AvgIpc) is 3.06. The summed E-state index contributed by atoms with van der Waals surface area (Å²) in [5.41, 5.74) is 1.16. The summed E-state index contributed by atoms with van der Waals surface area (Å²) in [5, 5.41) is 9.69. The van der Waals surface area contributed by atoms with Crippen LogP contribution in [0.25, 0.3) is 6.08 Å². The Morgan fingerprint density at radius 1 is 1.19 bits per heavy atom. The number of thiocarbonyl (C=S) groups is 1. The number of likely N-dealkylation sites (N-methyl/N-ethyl adjacent to an activating group) is 1. The molecule has 0 saturated carbocycles. The molecule has 0 aromatic carbocycles. The van der Waals surface area contributed by atoms with E-state index in [1.807, 2.05) is 6.92 Å². The molecule has 172 valence electrons. The number of pyridine rings is 1. The Hall–Kier alpha value is -2.19. The number of ether oxygens (including phenoxy) is 1. The van der Waals surface area contributed by atoms with Gasteiger partial charge in [0, 0.05) is 45.4 Å². The molecule has 0 unspecified atom stereocenters. The van der Waals surface area contributed by atoms with Gasteiger partial charge in [0.2, 0.25) is 0 Å². The highest BCUT2D eigenvalue weighted by molar-refractivity contribution is 8.26. The molecule has 3 heterocycles. The fourth-order valence-electron chi connectivity index (χ4n) is 4.06. The van der Waals surface area contributed by atoms with Gasteiger partial charge in [0.25, 0.3) is 11.5 Å². The van der Waals surface area contributed by atoms with Gasteiger partial charge in [0.1, 0.15) is 21.8 Å². The van der Waals surface area contributed by atoms with Gasteiger partial charge in [-0.15, -0.1) is 0 Å². The van der Waals surface area contributed by atoms with Gasteiger partial charge in [0.15, 0.2) is 0 Å². The summed E-state index contributed by atoms with van der Waals surface area (Å²) in [6, 6.07) is 2.07. The summed E-state index contributed by atoms with van der Waals surface area (Å²) in [6.45, 7) is 11.4. The number of thioether (sulfide) groups is 1. The Bertz CT molecular complexity index is 1040. The fraction of sp³-hybridized carbons (Fsp3) is 0.545. The Morgan fingerprint density at radius 3 is 2.44 bits per heavy atom. The number of aromatic nitrogens is 1. The van der Waals surface area contributed by atoms with Crippen molar-refractivity contribution in [3.63, 3.8) is 0 Å². The third-order valence-corrected chi connectivity index (χ3v) is 7.33. The smallest absolute Gasteiger partial charge is 0.270 e. The van der Waals surface area contributed by atoms with E-state index < -0.39 is 0 Å². The zero-order valence-corrected chi connectivity index (χ0v) is 20.6. The largest absolute Gasteiger partial charge is 0.383 e. The molecule has 1 aromatic heterocycles. The van der Waals surface area contributed by atoms with Crippen LogP contribution in [0.2, 0.25) is 0 Å². The highest BCUT2D eigenvalue weighted by atomic mass is 32.2. The maximum atomic E-state index is 13.1. The molecule has 2 aliphatic rings. The lowest BCUT2D eigenvalue weighted by atomic mass is 10.0. The first kappa shape index (κ1) is 24.5. The normalized spacial score (nSPS) is 18.7. The van der Waals surface area contributed by atoms with E-state index in [0.29, 0.717) is 34.5 Å². The van der Waals surface area contributed by atoms with Crippen LogP contribution in [0.3, 0.4) is 0 Å². The second-order valence-electron chi connectivity index (χ2n) is 7.65. The van der Waals surface area contributed by atoms with Crippen LogP contribution in [-0.4, -0.2) is 77.6 Å². The third kappa shape index (κ3) is 4.62. The lowest BCUT2D eigenvalue weighted by molar-refractivity contribution is -0.122. The van der Waals surface area contributed by atoms with E-state index in [-0.39, 0.29) is 17.0 Å². The zero-order chi connectivity index (χ0) is 23.4. The van der Waals surface area contributed by atoms with Gasteiger partial charge < -0.3 is 14.5 Å². The minimum absolute atomic E-state index is 0.115.